The Kier molecular flexibility index (Phi) is 6.08. The minimum atomic E-state index is -0.801. The van der Waals surface area contributed by atoms with E-state index in [9.17, 15) is 19.1 Å². The number of ketones is 1. The van der Waals surface area contributed by atoms with Crippen molar-refractivity contribution < 1.29 is 23.8 Å². The average molecular weight is 398 g/mol. The Morgan fingerprint density at radius 1 is 1.31 bits per heavy atom. The predicted octanol–water partition coefficient (Wildman–Crippen LogP) is 3.38. The summed E-state index contributed by atoms with van der Waals surface area (Å²) in [5.74, 6) is -2.27. The molecule has 1 atom stereocenters. The average Bonchev–Trinajstić information content (AvgIpc) is 2.95. The second-order valence-corrected chi connectivity index (χ2v) is 7.16. The number of aliphatic hydroxyl groups excluding tert-OH is 1. The molecule has 1 N–H and O–H groups in total. The molecule has 0 radical (unpaired) electrons. The normalized spacial score (nSPS) is 18.7. The van der Waals surface area contributed by atoms with Crippen LogP contribution in [0.25, 0.3) is 5.76 Å². The third kappa shape index (κ3) is 4.19. The fourth-order valence-electron chi connectivity index (χ4n) is 3.33. The number of halogens is 1. The van der Waals surface area contributed by atoms with Gasteiger partial charge in [-0.1, -0.05) is 6.07 Å². The van der Waals surface area contributed by atoms with Crippen LogP contribution in [0.4, 0.5) is 4.39 Å². The second-order valence-electron chi connectivity index (χ2n) is 7.16. The molecular weight excluding hydrogens is 375 g/mol. The predicted molar refractivity (Wildman–Crippen MR) is 105 cm³/mol. The maximum Gasteiger partial charge on any atom is 0.295 e. The lowest BCUT2D eigenvalue weighted by Gasteiger charge is -2.25. The Morgan fingerprint density at radius 3 is 2.69 bits per heavy atom. The van der Waals surface area contributed by atoms with Crippen LogP contribution in [0.15, 0.2) is 48.3 Å². The van der Waals surface area contributed by atoms with Crippen LogP contribution in [-0.4, -0.2) is 45.9 Å². The highest BCUT2D eigenvalue weighted by atomic mass is 19.1. The highest BCUT2D eigenvalue weighted by molar-refractivity contribution is 6.46. The molecule has 29 heavy (non-hydrogen) atoms. The van der Waals surface area contributed by atoms with Gasteiger partial charge in [-0.15, -0.1) is 0 Å². The van der Waals surface area contributed by atoms with E-state index in [1.807, 2.05) is 13.8 Å². The van der Waals surface area contributed by atoms with Gasteiger partial charge in [0.15, 0.2) is 0 Å². The van der Waals surface area contributed by atoms with Gasteiger partial charge in [-0.25, -0.2) is 4.39 Å². The lowest BCUT2D eigenvalue weighted by atomic mass is 9.96. The van der Waals surface area contributed by atoms with Crippen molar-refractivity contribution in [3.05, 3.63) is 70.8 Å². The monoisotopic (exact) mass is 398 g/mol. The number of nitrogens with zero attached hydrogens (tertiary/aromatic N) is 2. The SMILES string of the molecule is Cc1cc(/C(O)=C2/C(=O)C(=O)N(CCOC(C)C)C2c2cccnc2)ccc1F. The van der Waals surface area contributed by atoms with E-state index in [4.69, 9.17) is 4.74 Å². The van der Waals surface area contributed by atoms with Crippen LogP contribution in [0.3, 0.4) is 0 Å². The zero-order chi connectivity index (χ0) is 21.1. The van der Waals surface area contributed by atoms with Crippen molar-refractivity contribution in [2.45, 2.75) is 32.9 Å². The van der Waals surface area contributed by atoms with Gasteiger partial charge in [0.25, 0.3) is 11.7 Å². The lowest BCUT2D eigenvalue weighted by Crippen LogP contribution is -2.33. The smallest absolute Gasteiger partial charge is 0.295 e. The van der Waals surface area contributed by atoms with E-state index in [2.05, 4.69) is 4.98 Å². The summed E-state index contributed by atoms with van der Waals surface area (Å²) in [5.41, 5.74) is 1.15. The molecule has 1 aliphatic rings. The van der Waals surface area contributed by atoms with E-state index in [0.29, 0.717) is 11.1 Å². The van der Waals surface area contributed by atoms with E-state index in [1.165, 1.54) is 23.1 Å². The van der Waals surface area contributed by atoms with E-state index < -0.39 is 23.5 Å². The van der Waals surface area contributed by atoms with Crippen molar-refractivity contribution in [3.8, 4) is 0 Å². The topological polar surface area (TPSA) is 79.7 Å². The molecule has 1 saturated heterocycles. The van der Waals surface area contributed by atoms with Crippen molar-refractivity contribution in [2.24, 2.45) is 0 Å². The summed E-state index contributed by atoms with van der Waals surface area (Å²) < 4.78 is 19.2. The molecule has 1 unspecified atom stereocenters. The first-order valence-corrected chi connectivity index (χ1v) is 9.37. The molecule has 152 valence electrons. The Morgan fingerprint density at radius 2 is 2.07 bits per heavy atom. The molecule has 0 bridgehead atoms. The number of carbonyl (C=O) groups is 2. The minimum Gasteiger partial charge on any atom is -0.507 e. The van der Waals surface area contributed by atoms with E-state index in [0.717, 1.165) is 0 Å². The van der Waals surface area contributed by atoms with Crippen LogP contribution in [0.1, 0.15) is 36.6 Å². The Balaban J connectivity index is 2.09. The fourth-order valence-corrected chi connectivity index (χ4v) is 3.33. The molecule has 2 heterocycles. The van der Waals surface area contributed by atoms with Crippen LogP contribution < -0.4 is 0 Å². The number of hydrogen-bond acceptors (Lipinski definition) is 5. The van der Waals surface area contributed by atoms with Gasteiger partial charge in [-0.3, -0.25) is 14.6 Å². The van der Waals surface area contributed by atoms with Crippen LogP contribution in [0.2, 0.25) is 0 Å². The molecular formula is C22H23FN2O4. The first-order chi connectivity index (χ1) is 13.8. The summed E-state index contributed by atoms with van der Waals surface area (Å²) in [4.78, 5) is 31.0. The van der Waals surface area contributed by atoms with Crippen molar-refractivity contribution in [1.29, 1.82) is 0 Å². The zero-order valence-electron chi connectivity index (χ0n) is 16.6. The Bertz CT molecular complexity index is 957. The highest BCUT2D eigenvalue weighted by Crippen LogP contribution is 2.39. The third-order valence-corrected chi connectivity index (χ3v) is 4.75. The molecule has 2 aromatic rings. The van der Waals surface area contributed by atoms with Crippen molar-refractivity contribution in [3.63, 3.8) is 0 Å². The summed E-state index contributed by atoms with van der Waals surface area (Å²) >= 11 is 0. The van der Waals surface area contributed by atoms with Crippen LogP contribution in [0.5, 0.6) is 0 Å². The van der Waals surface area contributed by atoms with Gasteiger partial charge in [0.1, 0.15) is 11.6 Å². The number of benzene rings is 1. The van der Waals surface area contributed by atoms with Crippen LogP contribution in [-0.2, 0) is 14.3 Å². The summed E-state index contributed by atoms with van der Waals surface area (Å²) in [6.07, 6.45) is 3.11. The molecule has 1 aromatic carbocycles. The largest absolute Gasteiger partial charge is 0.507 e. The van der Waals surface area contributed by atoms with Crippen molar-refractivity contribution in [2.75, 3.05) is 13.2 Å². The summed E-state index contributed by atoms with van der Waals surface area (Å²) in [7, 11) is 0. The first-order valence-electron chi connectivity index (χ1n) is 9.37. The number of rotatable bonds is 6. The van der Waals surface area contributed by atoms with E-state index >= 15 is 0 Å². The second kappa shape index (κ2) is 8.53. The number of aryl methyl sites for hydroxylation is 1. The molecule has 1 amide bonds. The van der Waals surface area contributed by atoms with Crippen molar-refractivity contribution in [1.82, 2.24) is 9.88 Å². The molecule has 0 spiro atoms. The molecule has 1 fully saturated rings. The molecule has 0 saturated carbocycles. The maximum atomic E-state index is 13.6. The number of carbonyl (C=O) groups excluding carboxylic acids is 2. The summed E-state index contributed by atoms with van der Waals surface area (Å²) in [6.45, 7) is 5.75. The van der Waals surface area contributed by atoms with Crippen LogP contribution in [0, 0.1) is 12.7 Å². The van der Waals surface area contributed by atoms with Gasteiger partial charge in [-0.05, 0) is 56.2 Å². The summed E-state index contributed by atoms with van der Waals surface area (Å²) in [6, 6.07) is 6.68. The van der Waals surface area contributed by atoms with E-state index in [1.54, 1.807) is 31.5 Å². The Labute approximate surface area is 168 Å². The van der Waals surface area contributed by atoms with Gasteiger partial charge >= 0.3 is 0 Å². The first kappa shape index (κ1) is 20.7. The molecule has 0 aliphatic carbocycles. The molecule has 1 aliphatic heterocycles. The van der Waals surface area contributed by atoms with Crippen molar-refractivity contribution >= 4 is 17.4 Å². The third-order valence-electron chi connectivity index (χ3n) is 4.75. The van der Waals surface area contributed by atoms with Gasteiger partial charge in [0.2, 0.25) is 0 Å². The van der Waals surface area contributed by atoms with Gasteiger partial charge < -0.3 is 14.7 Å². The van der Waals surface area contributed by atoms with Gasteiger partial charge in [0, 0.05) is 24.5 Å². The number of amides is 1. The maximum absolute atomic E-state index is 13.6. The van der Waals surface area contributed by atoms with Gasteiger partial charge in [0.05, 0.1) is 24.3 Å². The number of likely N-dealkylation sites (tertiary alicyclic amines) is 1. The standard InChI is InChI=1S/C22H23FN2O4/c1-13(2)29-10-9-25-19(16-5-4-8-24-12-16)18(21(27)22(25)28)20(26)15-6-7-17(23)14(3)11-15/h4-8,11-13,19,26H,9-10H2,1-3H3/b20-18-. The molecule has 1 aromatic heterocycles. The fraction of sp³-hybridized carbons (Fsp3) is 0.318. The zero-order valence-corrected chi connectivity index (χ0v) is 16.6. The molecule has 6 nitrogen and oxygen atoms in total. The number of aromatic nitrogens is 1. The number of pyridine rings is 1. The molecule has 7 heteroatoms. The lowest BCUT2D eigenvalue weighted by molar-refractivity contribution is -0.140. The van der Waals surface area contributed by atoms with E-state index in [-0.39, 0.29) is 36.2 Å². The Hall–Kier alpha value is -3.06. The summed E-state index contributed by atoms with van der Waals surface area (Å²) in [5, 5.41) is 10.9. The minimum absolute atomic E-state index is 0.0224. The number of aliphatic hydroxyl groups is 1. The highest BCUT2D eigenvalue weighted by Gasteiger charge is 2.46. The number of ether oxygens (including phenoxy) is 1. The number of Topliss-reactive ketones (excluding diaryl/α,β-unsaturated/α-hetero) is 1. The number of hydrogen-bond donors (Lipinski definition) is 1. The van der Waals surface area contributed by atoms with Gasteiger partial charge in [-0.2, -0.15) is 0 Å². The van der Waals surface area contributed by atoms with Crippen LogP contribution >= 0.6 is 0 Å². The molecule has 3 rings (SSSR count). The quantitative estimate of drug-likeness (QED) is 0.458.